The van der Waals surface area contributed by atoms with Crippen molar-refractivity contribution in [3.05, 3.63) is 61.8 Å². The van der Waals surface area contributed by atoms with E-state index in [9.17, 15) is 4.79 Å². The van der Waals surface area contributed by atoms with E-state index in [1.54, 1.807) is 11.4 Å². The van der Waals surface area contributed by atoms with Crippen LogP contribution in [0.15, 0.2) is 23.6 Å². The number of aryl methyl sites for hydroxylation is 1. The highest BCUT2D eigenvalue weighted by Crippen LogP contribution is 2.25. The smallest absolute Gasteiger partial charge is 0.226 e. The van der Waals surface area contributed by atoms with Crippen molar-refractivity contribution in [3.8, 4) is 0 Å². The molecule has 2 heterocycles. The molecule has 0 aliphatic rings. The number of nitrogens with zero attached hydrogens (tertiary/aromatic N) is 4. The van der Waals surface area contributed by atoms with Gasteiger partial charge in [-0.05, 0) is 48.1 Å². The summed E-state index contributed by atoms with van der Waals surface area (Å²) in [5.41, 5.74) is 5.22. The minimum absolute atomic E-state index is 0.0626. The first-order valence-corrected chi connectivity index (χ1v) is 11.1. The van der Waals surface area contributed by atoms with E-state index in [-0.39, 0.29) is 12.3 Å². The molecule has 0 aliphatic heterocycles. The van der Waals surface area contributed by atoms with Crippen LogP contribution in [0.1, 0.15) is 42.1 Å². The van der Waals surface area contributed by atoms with Crippen molar-refractivity contribution >= 4 is 40.6 Å². The molecular formula is C20H23Cl2N5OS. The van der Waals surface area contributed by atoms with Crippen molar-refractivity contribution < 1.29 is 4.79 Å². The highest BCUT2D eigenvalue weighted by Gasteiger charge is 2.16. The molecule has 2 aromatic heterocycles. The van der Waals surface area contributed by atoms with Crippen molar-refractivity contribution in [2.75, 3.05) is 6.54 Å². The molecule has 0 aliphatic carbocycles. The van der Waals surface area contributed by atoms with Gasteiger partial charge in [-0.2, -0.15) is 5.10 Å². The van der Waals surface area contributed by atoms with E-state index in [1.165, 1.54) is 22.8 Å². The maximum absolute atomic E-state index is 12.1. The minimum atomic E-state index is -0.0626. The number of carbonyl (C=O) groups excluding carboxylic acids is 1. The summed E-state index contributed by atoms with van der Waals surface area (Å²) in [6, 6.07) is 5.62. The van der Waals surface area contributed by atoms with Gasteiger partial charge in [0.15, 0.2) is 0 Å². The number of rotatable bonds is 9. The number of halogens is 2. The Morgan fingerprint density at radius 3 is 2.55 bits per heavy atom. The number of aromatic nitrogens is 4. The van der Waals surface area contributed by atoms with Gasteiger partial charge in [-0.25, -0.2) is 0 Å². The molecule has 0 unspecified atom stereocenters. The van der Waals surface area contributed by atoms with E-state index in [4.69, 9.17) is 28.3 Å². The number of carbonyl (C=O) groups is 1. The lowest BCUT2D eigenvalue weighted by Gasteiger charge is -2.10. The van der Waals surface area contributed by atoms with E-state index in [0.717, 1.165) is 30.5 Å². The van der Waals surface area contributed by atoms with Crippen molar-refractivity contribution in [2.24, 2.45) is 0 Å². The SMILES string of the molecule is CCc1nn(CCNC(=O)Cc2csnn2)c(CC)c1Cc1cc(Cl)cc(Cl)c1. The van der Waals surface area contributed by atoms with E-state index in [2.05, 4.69) is 28.8 Å². The lowest BCUT2D eigenvalue weighted by Crippen LogP contribution is -2.29. The van der Waals surface area contributed by atoms with Crippen molar-refractivity contribution in [1.82, 2.24) is 24.7 Å². The summed E-state index contributed by atoms with van der Waals surface area (Å²) in [4.78, 5) is 12.1. The summed E-state index contributed by atoms with van der Waals surface area (Å²) in [6.45, 7) is 5.35. The molecule has 0 spiro atoms. The number of hydrogen-bond donors (Lipinski definition) is 1. The Labute approximate surface area is 184 Å². The van der Waals surface area contributed by atoms with Crippen LogP contribution in [0.4, 0.5) is 0 Å². The molecule has 0 bridgehead atoms. The van der Waals surface area contributed by atoms with E-state index >= 15 is 0 Å². The zero-order chi connectivity index (χ0) is 20.8. The standard InChI is InChI=1S/C20H23Cl2N5OS/c1-3-18-17(9-13-7-14(21)10-15(22)8-13)19(4-2)27(25-18)6-5-23-20(28)11-16-12-29-26-24-16/h7-8,10,12H,3-6,9,11H2,1-2H3,(H,23,28). The molecule has 0 saturated heterocycles. The number of nitrogens with one attached hydrogen (secondary N) is 1. The second-order valence-corrected chi connectivity index (χ2v) is 8.16. The topological polar surface area (TPSA) is 72.7 Å². The van der Waals surface area contributed by atoms with Crippen LogP contribution in [0.2, 0.25) is 10.0 Å². The molecule has 0 fully saturated rings. The van der Waals surface area contributed by atoms with Crippen LogP contribution in [-0.2, 0) is 37.0 Å². The van der Waals surface area contributed by atoms with Crippen LogP contribution in [-0.4, -0.2) is 31.8 Å². The van der Waals surface area contributed by atoms with Crippen LogP contribution >= 0.6 is 34.7 Å². The first kappa shape index (κ1) is 21.7. The molecule has 0 radical (unpaired) electrons. The molecule has 0 atom stereocenters. The third-order valence-corrected chi connectivity index (χ3v) is 5.61. The fraction of sp³-hybridized carbons (Fsp3) is 0.400. The van der Waals surface area contributed by atoms with Gasteiger partial charge in [0.1, 0.15) is 0 Å². The lowest BCUT2D eigenvalue weighted by molar-refractivity contribution is -0.120. The lowest BCUT2D eigenvalue weighted by atomic mass is 10.0. The maximum atomic E-state index is 12.1. The van der Waals surface area contributed by atoms with Crippen molar-refractivity contribution in [2.45, 2.75) is 46.1 Å². The van der Waals surface area contributed by atoms with Gasteiger partial charge >= 0.3 is 0 Å². The van der Waals surface area contributed by atoms with Crippen LogP contribution in [0.3, 0.4) is 0 Å². The molecular weight excluding hydrogens is 429 g/mol. The first-order valence-electron chi connectivity index (χ1n) is 9.55. The Morgan fingerprint density at radius 2 is 1.93 bits per heavy atom. The molecule has 3 aromatic rings. The van der Waals surface area contributed by atoms with Crippen LogP contribution < -0.4 is 5.32 Å². The zero-order valence-electron chi connectivity index (χ0n) is 16.4. The fourth-order valence-electron chi connectivity index (χ4n) is 3.36. The zero-order valence-corrected chi connectivity index (χ0v) is 18.7. The molecule has 1 N–H and O–H groups in total. The molecule has 1 aromatic carbocycles. The minimum Gasteiger partial charge on any atom is -0.354 e. The monoisotopic (exact) mass is 451 g/mol. The highest BCUT2D eigenvalue weighted by molar-refractivity contribution is 7.03. The third-order valence-electron chi connectivity index (χ3n) is 4.62. The summed E-state index contributed by atoms with van der Waals surface area (Å²) in [6.07, 6.45) is 2.68. The largest absolute Gasteiger partial charge is 0.354 e. The van der Waals surface area contributed by atoms with Gasteiger partial charge in [-0.3, -0.25) is 9.48 Å². The predicted octanol–water partition coefficient (Wildman–Crippen LogP) is 4.12. The summed E-state index contributed by atoms with van der Waals surface area (Å²) >= 11 is 13.6. The first-order chi connectivity index (χ1) is 14.0. The summed E-state index contributed by atoms with van der Waals surface area (Å²) in [7, 11) is 0. The third kappa shape index (κ3) is 5.78. The van der Waals surface area contributed by atoms with Gasteiger partial charge in [0, 0.05) is 39.6 Å². The van der Waals surface area contributed by atoms with E-state index < -0.39 is 0 Å². The molecule has 9 heteroatoms. The normalized spacial score (nSPS) is 11.0. The van der Waals surface area contributed by atoms with Crippen molar-refractivity contribution in [3.63, 3.8) is 0 Å². The van der Waals surface area contributed by atoms with Crippen LogP contribution in [0.25, 0.3) is 0 Å². The van der Waals surface area contributed by atoms with Gasteiger partial charge in [-0.15, -0.1) is 5.10 Å². The van der Waals surface area contributed by atoms with E-state index in [1.807, 2.05) is 16.8 Å². The molecule has 154 valence electrons. The Morgan fingerprint density at radius 1 is 1.17 bits per heavy atom. The second-order valence-electron chi connectivity index (χ2n) is 6.68. The molecule has 3 rings (SSSR count). The summed E-state index contributed by atoms with van der Waals surface area (Å²) in [5, 5.41) is 14.7. The van der Waals surface area contributed by atoms with Crippen LogP contribution in [0, 0.1) is 0 Å². The van der Waals surface area contributed by atoms with Gasteiger partial charge in [0.2, 0.25) is 5.91 Å². The molecule has 0 saturated carbocycles. The fourth-order valence-corrected chi connectivity index (χ4v) is 4.39. The molecule has 29 heavy (non-hydrogen) atoms. The molecule has 1 amide bonds. The summed E-state index contributed by atoms with van der Waals surface area (Å²) in [5.74, 6) is -0.0626. The van der Waals surface area contributed by atoms with Crippen LogP contribution in [0.5, 0.6) is 0 Å². The molecule has 6 nitrogen and oxygen atoms in total. The van der Waals surface area contributed by atoms with Gasteiger partial charge in [0.05, 0.1) is 24.4 Å². The van der Waals surface area contributed by atoms with Crippen molar-refractivity contribution in [1.29, 1.82) is 0 Å². The second kappa shape index (κ2) is 10.2. The van der Waals surface area contributed by atoms with Gasteiger partial charge in [-0.1, -0.05) is 41.5 Å². The maximum Gasteiger partial charge on any atom is 0.226 e. The average Bonchev–Trinajstić information content (AvgIpc) is 3.28. The van der Waals surface area contributed by atoms with Gasteiger partial charge in [0.25, 0.3) is 0 Å². The highest BCUT2D eigenvalue weighted by atomic mass is 35.5. The van der Waals surface area contributed by atoms with E-state index in [0.29, 0.717) is 28.8 Å². The number of amides is 1. The Kier molecular flexibility index (Phi) is 7.64. The Hall–Kier alpha value is -1.96. The predicted molar refractivity (Wildman–Crippen MR) is 117 cm³/mol. The number of hydrogen-bond acceptors (Lipinski definition) is 5. The Balaban J connectivity index is 1.70. The Bertz CT molecular complexity index is 951. The number of benzene rings is 1. The average molecular weight is 452 g/mol. The van der Waals surface area contributed by atoms with Gasteiger partial charge < -0.3 is 5.32 Å². The summed E-state index contributed by atoms with van der Waals surface area (Å²) < 4.78 is 5.78. The quantitative estimate of drug-likeness (QED) is 0.530.